The van der Waals surface area contributed by atoms with Crippen molar-refractivity contribution in [3.05, 3.63) is 53.1 Å². The van der Waals surface area contributed by atoms with Crippen LogP contribution in [0.15, 0.2) is 36.4 Å². The van der Waals surface area contributed by atoms with Gasteiger partial charge in [0.25, 0.3) is 6.43 Å². The number of alkyl halides is 2. The van der Waals surface area contributed by atoms with Gasteiger partial charge in [0.05, 0.1) is 23.4 Å². The van der Waals surface area contributed by atoms with Gasteiger partial charge in [-0.3, -0.25) is 0 Å². The van der Waals surface area contributed by atoms with E-state index in [1.807, 2.05) is 0 Å². The fourth-order valence-corrected chi connectivity index (χ4v) is 2.40. The van der Waals surface area contributed by atoms with E-state index in [1.165, 1.54) is 31.2 Å². The average molecular weight is 367 g/mol. The minimum atomic E-state index is -2.84. The second-order valence-electron chi connectivity index (χ2n) is 5.57. The van der Waals surface area contributed by atoms with E-state index >= 15 is 0 Å². The number of aliphatic hydroxyl groups is 2. The largest absolute Gasteiger partial charge is 0.490 e. The zero-order valence-electron chi connectivity index (χ0n) is 13.9. The van der Waals surface area contributed by atoms with Gasteiger partial charge in [-0.2, -0.15) is 0 Å². The molecule has 0 spiro atoms. The minimum Gasteiger partial charge on any atom is -0.490 e. The number of hydrogen-bond donors (Lipinski definition) is 4. The predicted octanol–water partition coefficient (Wildman–Crippen LogP) is 3.11. The fourth-order valence-electron chi connectivity index (χ4n) is 2.40. The number of hydrogen-bond acceptors (Lipinski definition) is 5. The van der Waals surface area contributed by atoms with Gasteiger partial charge < -0.3 is 25.4 Å². The monoisotopic (exact) mass is 367 g/mol. The first kappa shape index (κ1) is 19.6. The van der Waals surface area contributed by atoms with Crippen LogP contribution in [-0.2, 0) is 0 Å². The third-order valence-corrected chi connectivity index (χ3v) is 3.76. The average Bonchev–Trinajstić information content (AvgIpc) is 2.61. The normalized spacial score (nSPS) is 12.1. The second-order valence-corrected chi connectivity index (χ2v) is 5.57. The standard InChI is InChI=1S/C18H19F2NO5/c1-10-13(21-14-5-3-2-4-12(14)18(24)25)6-7-15(16(10)17(19)20)26-9-11(23)8-22/h2-7,11,17,21-23H,8-9H2,1H3,(H,24,25). The van der Waals surface area contributed by atoms with E-state index in [2.05, 4.69) is 5.32 Å². The maximum Gasteiger partial charge on any atom is 0.337 e. The number of carboxylic acid groups (broad SMARTS) is 1. The molecule has 1 unspecified atom stereocenters. The highest BCUT2D eigenvalue weighted by Gasteiger charge is 2.21. The summed E-state index contributed by atoms with van der Waals surface area (Å²) in [5.41, 5.74) is 0.415. The van der Waals surface area contributed by atoms with Crippen molar-refractivity contribution in [3.63, 3.8) is 0 Å². The summed E-state index contributed by atoms with van der Waals surface area (Å²) in [6.07, 6.45) is -4.02. The van der Waals surface area contributed by atoms with E-state index in [0.717, 1.165) is 0 Å². The molecule has 6 nitrogen and oxygen atoms in total. The van der Waals surface area contributed by atoms with E-state index < -0.39 is 25.1 Å². The molecule has 0 saturated carbocycles. The Balaban J connectivity index is 2.37. The molecule has 0 fully saturated rings. The third-order valence-electron chi connectivity index (χ3n) is 3.76. The van der Waals surface area contributed by atoms with Gasteiger partial charge in [-0.05, 0) is 36.8 Å². The molecule has 0 bridgehead atoms. The number of aliphatic hydroxyl groups excluding tert-OH is 2. The topological polar surface area (TPSA) is 99.0 Å². The van der Waals surface area contributed by atoms with Gasteiger partial charge in [0, 0.05) is 5.69 Å². The Kier molecular flexibility index (Phi) is 6.48. The number of para-hydroxylation sites is 1. The van der Waals surface area contributed by atoms with Crippen LogP contribution in [0.4, 0.5) is 20.2 Å². The van der Waals surface area contributed by atoms with Crippen LogP contribution in [0.25, 0.3) is 0 Å². The summed E-state index contributed by atoms with van der Waals surface area (Å²) in [5, 5.41) is 30.2. The molecule has 140 valence electrons. The zero-order chi connectivity index (χ0) is 19.3. The van der Waals surface area contributed by atoms with Gasteiger partial charge in [-0.1, -0.05) is 12.1 Å². The van der Waals surface area contributed by atoms with Crippen LogP contribution in [-0.4, -0.2) is 40.6 Å². The fraction of sp³-hybridized carbons (Fsp3) is 0.278. The number of nitrogens with one attached hydrogen (secondary N) is 1. The number of halogens is 2. The Morgan fingerprint density at radius 3 is 2.50 bits per heavy atom. The quantitative estimate of drug-likeness (QED) is 0.572. The van der Waals surface area contributed by atoms with Crippen molar-refractivity contribution in [2.45, 2.75) is 19.5 Å². The SMILES string of the molecule is Cc1c(Nc2ccccc2C(=O)O)ccc(OCC(O)CO)c1C(F)F. The second kappa shape index (κ2) is 8.59. The van der Waals surface area contributed by atoms with Gasteiger partial charge in [-0.25, -0.2) is 13.6 Å². The van der Waals surface area contributed by atoms with Crippen molar-refractivity contribution < 1.29 is 33.6 Å². The highest BCUT2D eigenvalue weighted by molar-refractivity contribution is 5.95. The molecular formula is C18H19F2NO5. The highest BCUT2D eigenvalue weighted by atomic mass is 19.3. The molecule has 0 aliphatic heterocycles. The van der Waals surface area contributed by atoms with Crippen molar-refractivity contribution >= 4 is 17.3 Å². The van der Waals surface area contributed by atoms with Gasteiger partial charge in [-0.15, -0.1) is 0 Å². The smallest absolute Gasteiger partial charge is 0.337 e. The molecule has 0 saturated heterocycles. The van der Waals surface area contributed by atoms with Crippen LogP contribution in [0.3, 0.4) is 0 Å². The van der Waals surface area contributed by atoms with Crippen molar-refractivity contribution in [2.75, 3.05) is 18.5 Å². The lowest BCUT2D eigenvalue weighted by atomic mass is 10.0. The van der Waals surface area contributed by atoms with Gasteiger partial charge >= 0.3 is 5.97 Å². The first-order valence-electron chi connectivity index (χ1n) is 7.77. The van der Waals surface area contributed by atoms with Crippen molar-refractivity contribution in [1.29, 1.82) is 0 Å². The van der Waals surface area contributed by atoms with Crippen molar-refractivity contribution in [2.24, 2.45) is 0 Å². The molecule has 0 amide bonds. The van der Waals surface area contributed by atoms with Crippen molar-refractivity contribution in [3.8, 4) is 5.75 Å². The molecular weight excluding hydrogens is 348 g/mol. The molecule has 0 aromatic heterocycles. The van der Waals surface area contributed by atoms with Gasteiger partial charge in [0.2, 0.25) is 0 Å². The molecule has 0 aliphatic rings. The Hall–Kier alpha value is -2.71. The lowest BCUT2D eigenvalue weighted by Gasteiger charge is -2.19. The number of carboxylic acids is 1. The zero-order valence-corrected chi connectivity index (χ0v) is 13.9. The number of aromatic carboxylic acids is 1. The molecule has 4 N–H and O–H groups in total. The molecule has 1 atom stereocenters. The maximum absolute atomic E-state index is 13.5. The summed E-state index contributed by atoms with van der Waals surface area (Å²) in [7, 11) is 0. The maximum atomic E-state index is 13.5. The molecule has 26 heavy (non-hydrogen) atoms. The Bertz CT molecular complexity index is 782. The van der Waals surface area contributed by atoms with Crippen molar-refractivity contribution in [1.82, 2.24) is 0 Å². The lowest BCUT2D eigenvalue weighted by molar-refractivity contribution is 0.0514. The summed E-state index contributed by atoms with van der Waals surface area (Å²) in [6, 6.07) is 8.93. The number of benzene rings is 2. The number of anilines is 2. The third kappa shape index (κ3) is 4.47. The Morgan fingerprint density at radius 1 is 1.19 bits per heavy atom. The van der Waals surface area contributed by atoms with E-state index in [9.17, 15) is 23.8 Å². The summed E-state index contributed by atoms with van der Waals surface area (Å²) in [4.78, 5) is 11.3. The minimum absolute atomic E-state index is 0.0110. The first-order valence-corrected chi connectivity index (χ1v) is 7.77. The van der Waals surface area contributed by atoms with Crippen LogP contribution in [0.5, 0.6) is 5.75 Å². The number of carbonyl (C=O) groups is 1. The van der Waals surface area contributed by atoms with Crippen LogP contribution in [0, 0.1) is 6.92 Å². The molecule has 2 rings (SSSR count). The van der Waals surface area contributed by atoms with Crippen LogP contribution in [0.1, 0.15) is 27.9 Å². The number of ether oxygens (including phenoxy) is 1. The van der Waals surface area contributed by atoms with Crippen LogP contribution in [0.2, 0.25) is 0 Å². The molecule has 0 heterocycles. The van der Waals surface area contributed by atoms with Crippen LogP contribution >= 0.6 is 0 Å². The highest BCUT2D eigenvalue weighted by Crippen LogP contribution is 2.37. The Labute approximate surface area is 148 Å². The van der Waals surface area contributed by atoms with E-state index in [1.54, 1.807) is 12.1 Å². The van der Waals surface area contributed by atoms with E-state index in [0.29, 0.717) is 5.69 Å². The number of rotatable bonds is 8. The molecule has 0 aliphatic carbocycles. The summed E-state index contributed by atoms with van der Waals surface area (Å²) < 4.78 is 32.2. The van der Waals surface area contributed by atoms with Gasteiger partial charge in [0.1, 0.15) is 18.5 Å². The first-order chi connectivity index (χ1) is 12.3. The van der Waals surface area contributed by atoms with Crippen LogP contribution < -0.4 is 10.1 Å². The summed E-state index contributed by atoms with van der Waals surface area (Å²) in [5.74, 6) is -1.25. The molecule has 8 heteroatoms. The molecule has 2 aromatic rings. The van der Waals surface area contributed by atoms with E-state index in [4.69, 9.17) is 9.84 Å². The van der Waals surface area contributed by atoms with Gasteiger partial charge in [0.15, 0.2) is 0 Å². The predicted molar refractivity (Wildman–Crippen MR) is 91.4 cm³/mol. The summed E-state index contributed by atoms with van der Waals surface area (Å²) >= 11 is 0. The van der Waals surface area contributed by atoms with E-state index in [-0.39, 0.29) is 34.7 Å². The Morgan fingerprint density at radius 2 is 1.88 bits per heavy atom. The molecule has 0 radical (unpaired) electrons. The molecule has 2 aromatic carbocycles. The summed E-state index contributed by atoms with van der Waals surface area (Å²) in [6.45, 7) is 0.585. The lowest BCUT2D eigenvalue weighted by Crippen LogP contribution is -2.21.